The molecule has 3 rings (SSSR count). The number of halogens is 1. The van der Waals surface area contributed by atoms with Gasteiger partial charge in [-0.15, -0.1) is 0 Å². The molecule has 0 aromatic heterocycles. The van der Waals surface area contributed by atoms with Crippen molar-refractivity contribution in [2.24, 2.45) is 0 Å². The zero-order valence-corrected chi connectivity index (χ0v) is 24.1. The second kappa shape index (κ2) is 13.9. The molecule has 0 spiro atoms. The maximum atomic E-state index is 14.0. The number of carbonyl (C=O) groups excluding carboxylic acids is 2. The van der Waals surface area contributed by atoms with Gasteiger partial charge in [0.2, 0.25) is 11.8 Å². The van der Waals surface area contributed by atoms with E-state index < -0.39 is 34.3 Å². The zero-order valence-electron chi connectivity index (χ0n) is 23.3. The van der Waals surface area contributed by atoms with Crippen LogP contribution in [-0.4, -0.2) is 50.9 Å². The quantitative estimate of drug-likeness (QED) is 0.323. The highest BCUT2D eigenvalue weighted by Gasteiger charge is 2.34. The lowest BCUT2D eigenvalue weighted by molar-refractivity contribution is -0.140. The Morgan fingerprint density at radius 3 is 2.20 bits per heavy atom. The van der Waals surface area contributed by atoms with Crippen LogP contribution in [0, 0.1) is 12.7 Å². The number of likely N-dealkylation sites (N-methyl/N-ethyl adjacent to an activating group) is 1. The summed E-state index contributed by atoms with van der Waals surface area (Å²) in [6.07, 6.45) is 0.291. The van der Waals surface area contributed by atoms with E-state index in [2.05, 4.69) is 5.32 Å². The number of benzene rings is 3. The average Bonchev–Trinajstić information content (AvgIpc) is 2.93. The number of anilines is 1. The lowest BCUT2D eigenvalue weighted by Crippen LogP contribution is -2.52. The van der Waals surface area contributed by atoms with E-state index >= 15 is 0 Å². The molecule has 1 N–H and O–H groups in total. The molecule has 0 saturated heterocycles. The fraction of sp³-hybridized carbons (Fsp3) is 0.333. The summed E-state index contributed by atoms with van der Waals surface area (Å²) in [4.78, 5) is 28.4. The first kappa shape index (κ1) is 30.6. The van der Waals surface area contributed by atoms with Gasteiger partial charge in [0.25, 0.3) is 10.0 Å². The van der Waals surface area contributed by atoms with Gasteiger partial charge in [0.05, 0.1) is 17.2 Å². The summed E-state index contributed by atoms with van der Waals surface area (Å²) < 4.78 is 48.3. The first-order valence-corrected chi connectivity index (χ1v) is 14.7. The molecule has 0 heterocycles. The molecule has 0 saturated carbocycles. The van der Waals surface area contributed by atoms with Crippen LogP contribution in [0.4, 0.5) is 10.1 Å². The number of nitrogens with one attached hydrogen (secondary N) is 1. The van der Waals surface area contributed by atoms with Crippen molar-refractivity contribution < 1.29 is 27.1 Å². The molecule has 1 unspecified atom stereocenters. The molecule has 1 atom stereocenters. The van der Waals surface area contributed by atoms with Gasteiger partial charge in [0.1, 0.15) is 24.2 Å². The molecule has 3 aromatic carbocycles. The number of rotatable bonds is 13. The van der Waals surface area contributed by atoms with E-state index in [0.717, 1.165) is 9.87 Å². The molecule has 40 heavy (non-hydrogen) atoms. The summed E-state index contributed by atoms with van der Waals surface area (Å²) in [6.45, 7) is 7.23. The monoisotopic (exact) mass is 569 g/mol. The van der Waals surface area contributed by atoms with Gasteiger partial charge in [-0.25, -0.2) is 12.8 Å². The second-order valence-corrected chi connectivity index (χ2v) is 11.1. The van der Waals surface area contributed by atoms with Crippen LogP contribution < -0.4 is 14.4 Å². The first-order valence-electron chi connectivity index (χ1n) is 13.2. The van der Waals surface area contributed by atoms with Gasteiger partial charge in [-0.2, -0.15) is 0 Å². The Hall–Kier alpha value is -3.92. The summed E-state index contributed by atoms with van der Waals surface area (Å²) >= 11 is 0. The van der Waals surface area contributed by atoms with Crippen molar-refractivity contribution in [1.29, 1.82) is 0 Å². The molecule has 214 valence electrons. The fourth-order valence-corrected chi connectivity index (χ4v) is 5.71. The highest BCUT2D eigenvalue weighted by molar-refractivity contribution is 7.92. The van der Waals surface area contributed by atoms with Gasteiger partial charge in [0.15, 0.2) is 0 Å². The van der Waals surface area contributed by atoms with E-state index in [-0.39, 0.29) is 29.6 Å². The van der Waals surface area contributed by atoms with E-state index in [9.17, 15) is 22.4 Å². The van der Waals surface area contributed by atoms with Gasteiger partial charge in [0, 0.05) is 13.1 Å². The predicted molar refractivity (Wildman–Crippen MR) is 153 cm³/mol. The topological polar surface area (TPSA) is 96.0 Å². The highest BCUT2D eigenvalue weighted by Crippen LogP contribution is 2.33. The Balaban J connectivity index is 2.10. The minimum absolute atomic E-state index is 0.0121. The third-order valence-corrected chi connectivity index (χ3v) is 8.10. The van der Waals surface area contributed by atoms with E-state index in [4.69, 9.17) is 4.74 Å². The number of para-hydroxylation sites is 2. The number of sulfonamides is 1. The number of amides is 2. The van der Waals surface area contributed by atoms with Crippen LogP contribution in [0.5, 0.6) is 5.75 Å². The molecule has 0 fully saturated rings. The third-order valence-electron chi connectivity index (χ3n) is 6.32. The van der Waals surface area contributed by atoms with Crippen LogP contribution in [-0.2, 0) is 26.2 Å². The zero-order chi connectivity index (χ0) is 29.3. The van der Waals surface area contributed by atoms with Crippen molar-refractivity contribution in [3.63, 3.8) is 0 Å². The molecule has 0 aliphatic rings. The van der Waals surface area contributed by atoms with Crippen LogP contribution in [0.3, 0.4) is 0 Å². The van der Waals surface area contributed by atoms with Crippen LogP contribution in [0.25, 0.3) is 0 Å². The Morgan fingerprint density at radius 2 is 1.60 bits per heavy atom. The number of ether oxygens (including phenoxy) is 1. The minimum Gasteiger partial charge on any atom is -0.492 e. The van der Waals surface area contributed by atoms with E-state index in [1.165, 1.54) is 41.3 Å². The number of carbonyl (C=O) groups is 2. The highest BCUT2D eigenvalue weighted by atomic mass is 32.2. The molecule has 0 radical (unpaired) electrons. The average molecular weight is 570 g/mol. The maximum Gasteiger partial charge on any atom is 0.264 e. The predicted octanol–water partition coefficient (Wildman–Crippen LogP) is 4.67. The van der Waals surface area contributed by atoms with Crippen molar-refractivity contribution in [1.82, 2.24) is 10.2 Å². The second-order valence-electron chi connectivity index (χ2n) is 9.19. The van der Waals surface area contributed by atoms with Crippen molar-refractivity contribution >= 4 is 27.5 Å². The number of hydrogen-bond donors (Lipinski definition) is 1. The SMILES string of the molecule is CCNC(=O)C(CC)N(Cc1ccc(F)cc1)C(=O)CN(c1ccccc1OCC)S(=O)(=O)c1ccc(C)cc1. The van der Waals surface area contributed by atoms with Crippen LogP contribution in [0.2, 0.25) is 0 Å². The summed E-state index contributed by atoms with van der Waals surface area (Å²) in [5, 5.41) is 2.75. The number of hydrogen-bond acceptors (Lipinski definition) is 5. The number of aryl methyl sites for hydroxylation is 1. The minimum atomic E-state index is -4.23. The summed E-state index contributed by atoms with van der Waals surface area (Å²) in [5.41, 5.74) is 1.68. The molecular formula is C30H36FN3O5S. The third kappa shape index (κ3) is 7.38. The molecule has 0 aliphatic heterocycles. The van der Waals surface area contributed by atoms with Crippen LogP contribution in [0.15, 0.2) is 77.7 Å². The summed E-state index contributed by atoms with van der Waals surface area (Å²) in [6, 6.07) is 17.7. The lowest BCUT2D eigenvalue weighted by Gasteiger charge is -2.33. The molecule has 0 aliphatic carbocycles. The van der Waals surface area contributed by atoms with Crippen molar-refractivity contribution in [2.45, 2.75) is 51.6 Å². The summed E-state index contributed by atoms with van der Waals surface area (Å²) in [5.74, 6) is -1.08. The largest absolute Gasteiger partial charge is 0.492 e. The van der Waals surface area contributed by atoms with Crippen LogP contribution in [0.1, 0.15) is 38.3 Å². The molecular weight excluding hydrogens is 533 g/mol. The van der Waals surface area contributed by atoms with E-state index in [0.29, 0.717) is 24.3 Å². The fourth-order valence-electron chi connectivity index (χ4n) is 4.29. The normalized spacial score (nSPS) is 11.9. The summed E-state index contributed by atoms with van der Waals surface area (Å²) in [7, 11) is -4.23. The van der Waals surface area contributed by atoms with Gasteiger partial charge in [-0.1, -0.05) is 48.9 Å². The first-order chi connectivity index (χ1) is 19.1. The Kier molecular flexibility index (Phi) is 10.7. The number of nitrogens with zero attached hydrogens (tertiary/aromatic N) is 2. The Morgan fingerprint density at radius 1 is 0.950 bits per heavy atom. The Labute approximate surface area is 235 Å². The smallest absolute Gasteiger partial charge is 0.264 e. The van der Waals surface area contributed by atoms with Gasteiger partial charge in [-0.05, 0) is 69.2 Å². The lowest BCUT2D eigenvalue weighted by atomic mass is 10.1. The van der Waals surface area contributed by atoms with Gasteiger partial charge >= 0.3 is 0 Å². The van der Waals surface area contributed by atoms with Gasteiger partial charge < -0.3 is 15.0 Å². The van der Waals surface area contributed by atoms with E-state index in [1.54, 1.807) is 57.2 Å². The molecule has 2 amide bonds. The molecule has 10 heteroatoms. The Bertz CT molecular complexity index is 1400. The standard InChI is InChI=1S/C30H36FN3O5S/c1-5-26(30(36)32-6-2)33(20-23-14-16-24(31)17-15-23)29(35)21-34(27-10-8-9-11-28(27)39-7-3)40(37,38)25-18-12-22(4)13-19-25/h8-19,26H,5-7,20-21H2,1-4H3,(H,32,36). The van der Waals surface area contributed by atoms with Gasteiger partial charge in [-0.3, -0.25) is 13.9 Å². The maximum absolute atomic E-state index is 14.0. The molecule has 0 bridgehead atoms. The van der Waals surface area contributed by atoms with Crippen molar-refractivity contribution in [2.75, 3.05) is 24.0 Å². The van der Waals surface area contributed by atoms with Crippen molar-refractivity contribution in [3.05, 3.63) is 89.7 Å². The molecule has 8 nitrogen and oxygen atoms in total. The van der Waals surface area contributed by atoms with Crippen LogP contribution >= 0.6 is 0 Å². The van der Waals surface area contributed by atoms with Crippen molar-refractivity contribution in [3.8, 4) is 5.75 Å². The van der Waals surface area contributed by atoms with E-state index in [1.807, 2.05) is 6.92 Å². The molecule has 3 aromatic rings.